The van der Waals surface area contributed by atoms with Gasteiger partial charge in [0.25, 0.3) is 0 Å². The van der Waals surface area contributed by atoms with Crippen LogP contribution in [0, 0.1) is 23.7 Å². The van der Waals surface area contributed by atoms with Gasteiger partial charge in [-0.1, -0.05) is 41.4 Å². The smallest absolute Gasteiger partial charge is 0.153 e. The van der Waals surface area contributed by atoms with Gasteiger partial charge >= 0.3 is 0 Å². The lowest BCUT2D eigenvalue weighted by Gasteiger charge is -2.65. The molecule has 3 aliphatic carbocycles. The monoisotopic (exact) mass is 425 g/mol. The molecule has 3 heteroatoms. The molecule has 3 saturated heterocycles. The fraction of sp³-hybridized carbons (Fsp3) is 0.625. The molecule has 0 amide bonds. The predicted octanol–water partition coefficient (Wildman–Crippen LogP) is 5.31. The van der Waals surface area contributed by atoms with E-state index in [1.807, 2.05) is 0 Å². The topological polar surface area (TPSA) is 20.3 Å². The molecule has 6 aliphatic rings. The highest BCUT2D eigenvalue weighted by Crippen LogP contribution is 2.68. The van der Waals surface area contributed by atoms with Crippen molar-refractivity contribution in [3.05, 3.63) is 38.9 Å². The quantitative estimate of drug-likeness (QED) is 0.560. The Morgan fingerprint density at radius 3 is 2.85 bits per heavy atom. The van der Waals surface area contributed by atoms with Crippen molar-refractivity contribution < 1.29 is 4.79 Å². The van der Waals surface area contributed by atoms with Gasteiger partial charge in [0.15, 0.2) is 5.78 Å². The summed E-state index contributed by atoms with van der Waals surface area (Å²) >= 11 is 3.76. The van der Waals surface area contributed by atoms with E-state index in [9.17, 15) is 4.79 Å². The molecule has 2 nitrogen and oxygen atoms in total. The average molecular weight is 426 g/mol. The van der Waals surface area contributed by atoms with Crippen molar-refractivity contribution in [2.75, 3.05) is 13.1 Å². The van der Waals surface area contributed by atoms with Crippen LogP contribution in [0.3, 0.4) is 0 Å². The van der Waals surface area contributed by atoms with Gasteiger partial charge in [-0.05, 0) is 90.7 Å². The Morgan fingerprint density at radius 2 is 2.04 bits per heavy atom. The van der Waals surface area contributed by atoms with Crippen LogP contribution >= 0.6 is 15.9 Å². The molecule has 2 spiro atoms. The number of rotatable bonds is 0. The van der Waals surface area contributed by atoms with Crippen LogP contribution in [0.25, 0.3) is 5.57 Å². The van der Waals surface area contributed by atoms with Crippen molar-refractivity contribution in [1.29, 1.82) is 0 Å². The average Bonchev–Trinajstić information content (AvgIpc) is 3.17. The molecule has 2 bridgehead atoms. The molecule has 27 heavy (non-hydrogen) atoms. The zero-order chi connectivity index (χ0) is 18.8. The molecule has 4 fully saturated rings. The molecule has 0 unspecified atom stereocenters. The number of carbonyl (C=O) groups is 1. The van der Waals surface area contributed by atoms with Crippen LogP contribution in [0.15, 0.2) is 22.2 Å². The van der Waals surface area contributed by atoms with Gasteiger partial charge in [0.1, 0.15) is 0 Å². The third-order valence-electron chi connectivity index (χ3n) is 9.06. The van der Waals surface area contributed by atoms with Gasteiger partial charge in [-0.25, -0.2) is 0 Å². The van der Waals surface area contributed by atoms with E-state index in [-0.39, 0.29) is 16.4 Å². The first-order valence-corrected chi connectivity index (χ1v) is 11.4. The molecular formula is C24H28BrNO. The Labute approximate surface area is 170 Å². The van der Waals surface area contributed by atoms with E-state index in [1.165, 1.54) is 27.6 Å². The van der Waals surface area contributed by atoms with Crippen molar-refractivity contribution in [3.8, 4) is 0 Å². The van der Waals surface area contributed by atoms with E-state index in [1.54, 1.807) is 11.1 Å². The second kappa shape index (κ2) is 4.97. The maximum Gasteiger partial charge on any atom is 0.153 e. The van der Waals surface area contributed by atoms with Crippen LogP contribution in [0.4, 0.5) is 0 Å². The minimum atomic E-state index is -0.104. The zero-order valence-corrected chi connectivity index (χ0v) is 18.2. The molecule has 7 rings (SSSR count). The number of carbonyl (C=O) groups excluding carboxylic acids is 1. The number of hydrogen-bond acceptors (Lipinski definition) is 2. The summed E-state index contributed by atoms with van der Waals surface area (Å²) in [6.07, 6.45) is 6.45. The van der Waals surface area contributed by atoms with Crippen molar-refractivity contribution in [2.24, 2.45) is 16.7 Å². The predicted molar refractivity (Wildman–Crippen MR) is 112 cm³/mol. The van der Waals surface area contributed by atoms with Gasteiger partial charge < -0.3 is 0 Å². The number of piperidine rings is 2. The summed E-state index contributed by atoms with van der Waals surface area (Å²) in [5, 5.41) is 0. The highest BCUT2D eigenvalue weighted by molar-refractivity contribution is 9.10. The summed E-state index contributed by atoms with van der Waals surface area (Å²) in [5.41, 5.74) is 7.78. The van der Waals surface area contributed by atoms with E-state index < -0.39 is 0 Å². The molecule has 3 atom stereocenters. The lowest BCUT2D eigenvalue weighted by molar-refractivity contribution is -0.167. The van der Waals surface area contributed by atoms with E-state index >= 15 is 0 Å². The van der Waals surface area contributed by atoms with E-state index in [0.717, 1.165) is 45.2 Å². The van der Waals surface area contributed by atoms with Crippen LogP contribution in [0.2, 0.25) is 0 Å². The van der Waals surface area contributed by atoms with E-state index in [4.69, 9.17) is 0 Å². The Bertz CT molecular complexity index is 944. The molecule has 0 N–H and O–H groups in total. The summed E-state index contributed by atoms with van der Waals surface area (Å²) in [5.74, 6) is 1.21. The van der Waals surface area contributed by atoms with Crippen LogP contribution < -0.4 is 0 Å². The SMILES string of the molecule is Cc1cc2c(cc1Br)C1=C(C2)C(C)(C)[C@@H]2C[C@]34CCCN3C[C@]2(CC4=O)C1. The first-order valence-electron chi connectivity index (χ1n) is 10.6. The molecule has 1 aromatic rings. The molecular weight excluding hydrogens is 398 g/mol. The minimum Gasteiger partial charge on any atom is -0.298 e. The number of nitrogens with zero attached hydrogens (tertiary/aromatic N) is 1. The van der Waals surface area contributed by atoms with Crippen molar-refractivity contribution in [1.82, 2.24) is 4.90 Å². The van der Waals surface area contributed by atoms with Crippen molar-refractivity contribution in [2.45, 2.75) is 64.8 Å². The minimum absolute atomic E-state index is 0.104. The molecule has 142 valence electrons. The Kier molecular flexibility index (Phi) is 3.12. The molecule has 1 saturated carbocycles. The first-order chi connectivity index (χ1) is 12.8. The third kappa shape index (κ3) is 1.89. The normalized spacial score (nSPS) is 38.7. The molecule has 1 aromatic carbocycles. The van der Waals surface area contributed by atoms with Gasteiger partial charge in [-0.15, -0.1) is 0 Å². The zero-order valence-electron chi connectivity index (χ0n) is 16.6. The Hall–Kier alpha value is -0.930. The first kappa shape index (κ1) is 17.0. The van der Waals surface area contributed by atoms with Gasteiger partial charge in [-0.2, -0.15) is 0 Å². The number of benzene rings is 1. The van der Waals surface area contributed by atoms with Crippen LogP contribution in [-0.4, -0.2) is 29.3 Å². The van der Waals surface area contributed by atoms with E-state index in [2.05, 4.69) is 53.7 Å². The van der Waals surface area contributed by atoms with Crippen LogP contribution in [-0.2, 0) is 11.2 Å². The van der Waals surface area contributed by atoms with Gasteiger partial charge in [-0.3, -0.25) is 9.69 Å². The lowest BCUT2D eigenvalue weighted by atomic mass is 9.44. The number of hydrogen-bond donors (Lipinski definition) is 0. The number of allylic oxidation sites excluding steroid dienone is 2. The van der Waals surface area contributed by atoms with Crippen LogP contribution in [0.5, 0.6) is 0 Å². The van der Waals surface area contributed by atoms with Gasteiger partial charge in [0, 0.05) is 17.4 Å². The number of halogens is 1. The van der Waals surface area contributed by atoms with E-state index in [0.29, 0.717) is 11.7 Å². The van der Waals surface area contributed by atoms with Gasteiger partial charge in [0.05, 0.1) is 5.54 Å². The Morgan fingerprint density at radius 1 is 1.22 bits per heavy atom. The summed E-state index contributed by atoms with van der Waals surface area (Å²) in [7, 11) is 0. The standard InChI is InChI=1S/C24H28BrNO/c1-14-7-15-8-18-17(16(15)9-19(14)25)10-23-12-21(27)24(5-4-6-26(24)13-23)11-20(23)22(18,2)3/h7,9,20H,4-6,8,10-13H2,1-3H3/t20-,23+,24-/m0/s1. The second-order valence-electron chi connectivity index (χ2n) is 10.6. The largest absolute Gasteiger partial charge is 0.298 e. The highest BCUT2D eigenvalue weighted by Gasteiger charge is 2.68. The fourth-order valence-electron chi connectivity index (χ4n) is 7.80. The molecule has 3 aliphatic heterocycles. The summed E-state index contributed by atoms with van der Waals surface area (Å²) in [6, 6.07) is 4.74. The van der Waals surface area contributed by atoms with Crippen molar-refractivity contribution >= 4 is 27.3 Å². The molecule has 0 radical (unpaired) electrons. The maximum atomic E-state index is 13.3. The van der Waals surface area contributed by atoms with Crippen LogP contribution in [0.1, 0.15) is 62.6 Å². The lowest BCUT2D eigenvalue weighted by Crippen LogP contribution is -2.70. The number of fused-ring (bicyclic) bond motifs is 3. The molecule has 0 aromatic heterocycles. The third-order valence-corrected chi connectivity index (χ3v) is 9.92. The molecule has 3 heterocycles. The second-order valence-corrected chi connectivity index (χ2v) is 11.4. The fourth-order valence-corrected chi connectivity index (χ4v) is 8.15. The summed E-state index contributed by atoms with van der Waals surface area (Å²) in [4.78, 5) is 15.9. The number of aryl methyl sites for hydroxylation is 1. The maximum absolute atomic E-state index is 13.3. The Balaban J connectivity index is 1.53. The highest BCUT2D eigenvalue weighted by atomic mass is 79.9. The number of Topliss-reactive ketones (excluding diaryl/α,β-unsaturated/α-hetero) is 1. The van der Waals surface area contributed by atoms with Crippen molar-refractivity contribution in [3.63, 3.8) is 0 Å². The summed E-state index contributed by atoms with van der Waals surface area (Å²) < 4.78 is 1.22. The van der Waals surface area contributed by atoms with Gasteiger partial charge in [0.2, 0.25) is 0 Å². The summed E-state index contributed by atoms with van der Waals surface area (Å²) in [6.45, 7) is 9.45. The number of ketones is 1.